The lowest BCUT2D eigenvalue weighted by atomic mass is 10.2. The van der Waals surface area contributed by atoms with Gasteiger partial charge in [-0.15, -0.1) is 0 Å². The van der Waals surface area contributed by atoms with E-state index >= 15 is 0 Å². The summed E-state index contributed by atoms with van der Waals surface area (Å²) in [4.78, 5) is 4.42. The summed E-state index contributed by atoms with van der Waals surface area (Å²) >= 11 is 0. The Kier molecular flexibility index (Phi) is 7.18. The molecule has 0 aliphatic carbocycles. The van der Waals surface area contributed by atoms with Crippen LogP contribution in [0.2, 0.25) is 0 Å². The zero-order valence-corrected chi connectivity index (χ0v) is 16.4. The van der Waals surface area contributed by atoms with Gasteiger partial charge in [0.2, 0.25) is 0 Å². The normalized spacial score (nSPS) is 13.1. The van der Waals surface area contributed by atoms with Gasteiger partial charge >= 0.3 is 0 Å². The fraction of sp³-hybridized carbons (Fsp3) is 0.316. The summed E-state index contributed by atoms with van der Waals surface area (Å²) < 4.78 is 41.8. The molecular formula is C19H24FN3O3S. The standard InChI is InChI=1S/C19H24FN3O3S/c1-14(26-17-6-4-5-16(20)11-17)12-22-19(21-2)23-13-15-7-9-18(10-8-15)27(3,24)25/h4-11,14H,12-13H2,1-3H3,(H2,21,22,23). The van der Waals surface area contributed by atoms with Crippen molar-refractivity contribution in [2.75, 3.05) is 19.8 Å². The highest BCUT2D eigenvalue weighted by atomic mass is 32.2. The molecule has 1 atom stereocenters. The minimum Gasteiger partial charge on any atom is -0.489 e. The van der Waals surface area contributed by atoms with Crippen molar-refractivity contribution in [2.24, 2.45) is 4.99 Å². The molecule has 2 aromatic carbocycles. The molecule has 27 heavy (non-hydrogen) atoms. The Hall–Kier alpha value is -2.61. The molecule has 1 unspecified atom stereocenters. The van der Waals surface area contributed by atoms with Crippen LogP contribution < -0.4 is 15.4 Å². The quantitative estimate of drug-likeness (QED) is 0.558. The Morgan fingerprint density at radius 1 is 1.19 bits per heavy atom. The van der Waals surface area contributed by atoms with Crippen LogP contribution in [-0.2, 0) is 16.4 Å². The van der Waals surface area contributed by atoms with E-state index in [-0.39, 0.29) is 16.8 Å². The van der Waals surface area contributed by atoms with Crippen molar-refractivity contribution < 1.29 is 17.5 Å². The van der Waals surface area contributed by atoms with Crippen LogP contribution in [0.3, 0.4) is 0 Å². The predicted octanol–water partition coefficient (Wildman–Crippen LogP) is 2.36. The molecule has 146 valence electrons. The van der Waals surface area contributed by atoms with E-state index in [9.17, 15) is 12.8 Å². The third-order valence-corrected chi connectivity index (χ3v) is 4.85. The first-order valence-corrected chi connectivity index (χ1v) is 10.3. The van der Waals surface area contributed by atoms with Crippen LogP contribution in [0.1, 0.15) is 12.5 Å². The highest BCUT2D eigenvalue weighted by Gasteiger charge is 2.08. The van der Waals surface area contributed by atoms with Crippen molar-refractivity contribution in [1.82, 2.24) is 10.6 Å². The molecule has 0 amide bonds. The number of ether oxygens (including phenoxy) is 1. The van der Waals surface area contributed by atoms with Crippen LogP contribution >= 0.6 is 0 Å². The van der Waals surface area contributed by atoms with Gasteiger partial charge < -0.3 is 15.4 Å². The average molecular weight is 393 g/mol. The number of benzene rings is 2. The minimum atomic E-state index is -3.20. The molecule has 0 aromatic heterocycles. The number of sulfone groups is 1. The Bertz CT molecular complexity index is 883. The maximum absolute atomic E-state index is 13.2. The number of nitrogens with one attached hydrogen (secondary N) is 2. The number of hydrogen-bond donors (Lipinski definition) is 2. The zero-order chi connectivity index (χ0) is 19.9. The fourth-order valence-corrected chi connectivity index (χ4v) is 2.95. The molecular weight excluding hydrogens is 369 g/mol. The molecule has 0 saturated carbocycles. The topological polar surface area (TPSA) is 79.8 Å². The summed E-state index contributed by atoms with van der Waals surface area (Å²) in [5, 5.41) is 6.28. The van der Waals surface area contributed by atoms with Crippen molar-refractivity contribution in [3.63, 3.8) is 0 Å². The first kappa shape index (κ1) is 20.7. The summed E-state index contributed by atoms with van der Waals surface area (Å²) in [6.45, 7) is 2.83. The average Bonchev–Trinajstić information content (AvgIpc) is 2.61. The Labute approximate surface area is 159 Å². The molecule has 0 fully saturated rings. The van der Waals surface area contributed by atoms with Gasteiger partial charge in [0.05, 0.1) is 11.4 Å². The molecule has 0 bridgehead atoms. The third-order valence-electron chi connectivity index (χ3n) is 3.73. The van der Waals surface area contributed by atoms with E-state index in [1.165, 1.54) is 18.4 Å². The molecule has 0 radical (unpaired) electrons. The lowest BCUT2D eigenvalue weighted by Gasteiger charge is -2.18. The Morgan fingerprint density at radius 3 is 2.48 bits per heavy atom. The van der Waals surface area contributed by atoms with Crippen LogP contribution in [0.5, 0.6) is 5.75 Å². The van der Waals surface area contributed by atoms with Gasteiger partial charge in [-0.3, -0.25) is 4.99 Å². The van der Waals surface area contributed by atoms with E-state index in [2.05, 4.69) is 15.6 Å². The molecule has 8 heteroatoms. The van der Waals surface area contributed by atoms with Crippen LogP contribution in [0.4, 0.5) is 4.39 Å². The third kappa shape index (κ3) is 6.90. The van der Waals surface area contributed by atoms with Crippen LogP contribution in [0, 0.1) is 5.82 Å². The van der Waals surface area contributed by atoms with Crippen molar-refractivity contribution in [3.05, 3.63) is 59.9 Å². The van der Waals surface area contributed by atoms with Crippen LogP contribution in [-0.4, -0.2) is 40.3 Å². The molecule has 0 spiro atoms. The lowest BCUT2D eigenvalue weighted by Crippen LogP contribution is -2.41. The number of halogens is 1. The number of nitrogens with zero attached hydrogens (tertiary/aromatic N) is 1. The van der Waals surface area contributed by atoms with Gasteiger partial charge in [-0.05, 0) is 36.8 Å². The molecule has 0 saturated heterocycles. The first-order chi connectivity index (χ1) is 12.8. The van der Waals surface area contributed by atoms with Gasteiger partial charge in [0.15, 0.2) is 15.8 Å². The van der Waals surface area contributed by atoms with Crippen molar-refractivity contribution in [1.29, 1.82) is 0 Å². The molecule has 2 rings (SSSR count). The SMILES string of the molecule is CN=C(NCc1ccc(S(C)(=O)=O)cc1)NCC(C)Oc1cccc(F)c1. The van der Waals surface area contributed by atoms with Crippen LogP contribution in [0.25, 0.3) is 0 Å². The molecule has 0 aliphatic rings. The number of hydrogen-bond acceptors (Lipinski definition) is 4. The minimum absolute atomic E-state index is 0.195. The maximum Gasteiger partial charge on any atom is 0.191 e. The second-order valence-electron chi connectivity index (χ2n) is 6.11. The second kappa shape index (κ2) is 9.36. The first-order valence-electron chi connectivity index (χ1n) is 8.43. The van der Waals surface area contributed by atoms with Gasteiger partial charge in [-0.1, -0.05) is 18.2 Å². The van der Waals surface area contributed by atoms with Crippen LogP contribution in [0.15, 0.2) is 58.4 Å². The van der Waals surface area contributed by atoms with E-state index in [1.807, 2.05) is 6.92 Å². The van der Waals surface area contributed by atoms with E-state index in [1.54, 1.807) is 43.4 Å². The smallest absolute Gasteiger partial charge is 0.191 e. The summed E-state index contributed by atoms with van der Waals surface area (Å²) in [5.41, 5.74) is 0.925. The number of guanidine groups is 1. The second-order valence-corrected chi connectivity index (χ2v) is 8.12. The van der Waals surface area contributed by atoms with Gasteiger partial charge in [-0.25, -0.2) is 12.8 Å². The molecule has 2 N–H and O–H groups in total. The van der Waals surface area contributed by atoms with Crippen molar-refractivity contribution in [2.45, 2.75) is 24.5 Å². The van der Waals surface area contributed by atoms with Gasteiger partial charge in [0, 0.05) is 25.9 Å². The largest absolute Gasteiger partial charge is 0.489 e. The van der Waals surface area contributed by atoms with E-state index in [0.29, 0.717) is 24.8 Å². The summed E-state index contributed by atoms with van der Waals surface area (Å²) in [6, 6.07) is 12.7. The lowest BCUT2D eigenvalue weighted by molar-refractivity contribution is 0.223. The number of aliphatic imine (C=N–C) groups is 1. The molecule has 0 aliphatic heterocycles. The zero-order valence-electron chi connectivity index (χ0n) is 15.6. The highest BCUT2D eigenvalue weighted by Crippen LogP contribution is 2.13. The van der Waals surface area contributed by atoms with Gasteiger partial charge in [0.25, 0.3) is 0 Å². The van der Waals surface area contributed by atoms with E-state index in [0.717, 1.165) is 5.56 Å². The van der Waals surface area contributed by atoms with E-state index < -0.39 is 9.84 Å². The van der Waals surface area contributed by atoms with Gasteiger partial charge in [-0.2, -0.15) is 0 Å². The van der Waals surface area contributed by atoms with E-state index in [4.69, 9.17) is 4.74 Å². The molecule has 2 aromatic rings. The summed E-state index contributed by atoms with van der Waals surface area (Å²) in [5.74, 6) is 0.710. The summed E-state index contributed by atoms with van der Waals surface area (Å²) in [7, 11) is -1.54. The monoisotopic (exact) mass is 393 g/mol. The molecule has 6 nitrogen and oxygen atoms in total. The summed E-state index contributed by atoms with van der Waals surface area (Å²) in [6.07, 6.45) is 0.985. The van der Waals surface area contributed by atoms with Gasteiger partial charge in [0.1, 0.15) is 17.7 Å². The highest BCUT2D eigenvalue weighted by molar-refractivity contribution is 7.90. The van der Waals surface area contributed by atoms with Crippen molar-refractivity contribution >= 4 is 15.8 Å². The fourth-order valence-electron chi connectivity index (χ4n) is 2.32. The Morgan fingerprint density at radius 2 is 1.89 bits per heavy atom. The maximum atomic E-state index is 13.2. The predicted molar refractivity (Wildman–Crippen MR) is 104 cm³/mol. The molecule has 0 heterocycles. The number of rotatable bonds is 7. The Balaban J connectivity index is 1.81. The van der Waals surface area contributed by atoms with Crippen molar-refractivity contribution in [3.8, 4) is 5.75 Å².